The summed E-state index contributed by atoms with van der Waals surface area (Å²) in [5, 5.41) is 9.72. The van der Waals surface area contributed by atoms with Gasteiger partial charge in [0, 0.05) is 13.3 Å². The lowest BCUT2D eigenvalue weighted by Crippen LogP contribution is -2.50. The van der Waals surface area contributed by atoms with Crippen LogP contribution in [-0.2, 0) is 4.74 Å². The van der Waals surface area contributed by atoms with Crippen LogP contribution in [0.5, 0.6) is 0 Å². The van der Waals surface area contributed by atoms with Crippen LogP contribution in [0.15, 0.2) is 24.3 Å². The van der Waals surface area contributed by atoms with Gasteiger partial charge in [-0.2, -0.15) is 0 Å². The molecule has 2 rings (SSSR count). The molecule has 1 aliphatic heterocycles. The third-order valence-electron chi connectivity index (χ3n) is 3.59. The van der Waals surface area contributed by atoms with Crippen molar-refractivity contribution in [1.29, 1.82) is 0 Å². The maximum absolute atomic E-state index is 12.2. The van der Waals surface area contributed by atoms with Crippen molar-refractivity contribution in [3.63, 3.8) is 0 Å². The Morgan fingerprint density at radius 3 is 2.71 bits per heavy atom. The molecule has 0 aliphatic carbocycles. The Hall–Kier alpha value is -1.43. The van der Waals surface area contributed by atoms with Crippen LogP contribution in [0, 0.1) is 0 Å². The number of nitrogens with one attached hydrogen (secondary N) is 3. The molecule has 3 N–H and O–H groups in total. The van der Waals surface area contributed by atoms with Crippen LogP contribution < -0.4 is 16.0 Å². The molecule has 1 aromatic rings. The molecular formula is C16H25N3O2. The monoisotopic (exact) mass is 291 g/mol. The molecule has 5 nitrogen and oxygen atoms in total. The van der Waals surface area contributed by atoms with Gasteiger partial charge in [0.05, 0.1) is 18.3 Å². The Labute approximate surface area is 126 Å². The third kappa shape index (κ3) is 4.81. The first-order valence-electron chi connectivity index (χ1n) is 7.76. The lowest BCUT2D eigenvalue weighted by Gasteiger charge is -2.27. The predicted molar refractivity (Wildman–Crippen MR) is 82.7 cm³/mol. The number of carbonyl (C=O) groups excluding carboxylic acids is 1. The molecule has 1 fully saturated rings. The number of esters is 1. The SMILES string of the molecule is CCCCCCOC(=O)c1ccccc1C1NCNCN1. The fourth-order valence-corrected chi connectivity index (χ4v) is 2.41. The molecule has 0 amide bonds. The zero-order valence-corrected chi connectivity index (χ0v) is 12.7. The topological polar surface area (TPSA) is 62.4 Å². The molecule has 0 unspecified atom stereocenters. The van der Waals surface area contributed by atoms with Gasteiger partial charge in [0.25, 0.3) is 0 Å². The minimum absolute atomic E-state index is 0.0184. The van der Waals surface area contributed by atoms with Crippen molar-refractivity contribution >= 4 is 5.97 Å². The van der Waals surface area contributed by atoms with E-state index in [1.54, 1.807) is 0 Å². The van der Waals surface area contributed by atoms with Crippen molar-refractivity contribution < 1.29 is 9.53 Å². The zero-order chi connectivity index (χ0) is 14.9. The highest BCUT2D eigenvalue weighted by atomic mass is 16.5. The summed E-state index contributed by atoms with van der Waals surface area (Å²) in [5.41, 5.74) is 1.58. The van der Waals surface area contributed by atoms with E-state index in [1.807, 2.05) is 24.3 Å². The number of rotatable bonds is 7. The van der Waals surface area contributed by atoms with Gasteiger partial charge >= 0.3 is 5.97 Å². The van der Waals surface area contributed by atoms with Gasteiger partial charge in [-0.1, -0.05) is 44.4 Å². The maximum Gasteiger partial charge on any atom is 0.338 e. The van der Waals surface area contributed by atoms with Crippen LogP contribution in [0.4, 0.5) is 0 Å². The molecule has 0 atom stereocenters. The second kappa shape index (κ2) is 8.77. The number of unbranched alkanes of at least 4 members (excludes halogenated alkanes) is 3. The number of carbonyl (C=O) groups is 1. The summed E-state index contributed by atoms with van der Waals surface area (Å²) >= 11 is 0. The summed E-state index contributed by atoms with van der Waals surface area (Å²) in [6.45, 7) is 4.11. The van der Waals surface area contributed by atoms with E-state index in [0.717, 1.165) is 31.7 Å². The van der Waals surface area contributed by atoms with E-state index in [-0.39, 0.29) is 12.1 Å². The fourth-order valence-electron chi connectivity index (χ4n) is 2.41. The maximum atomic E-state index is 12.2. The van der Waals surface area contributed by atoms with Gasteiger partial charge in [-0.15, -0.1) is 0 Å². The second-order valence-corrected chi connectivity index (χ2v) is 5.23. The average Bonchev–Trinajstić information content (AvgIpc) is 2.55. The number of hydrogen-bond acceptors (Lipinski definition) is 5. The molecular weight excluding hydrogens is 266 g/mol. The van der Waals surface area contributed by atoms with Crippen molar-refractivity contribution in [2.24, 2.45) is 0 Å². The smallest absolute Gasteiger partial charge is 0.338 e. The van der Waals surface area contributed by atoms with Crippen molar-refractivity contribution in [3.05, 3.63) is 35.4 Å². The van der Waals surface area contributed by atoms with Gasteiger partial charge in [-0.05, 0) is 18.1 Å². The van der Waals surface area contributed by atoms with Crippen LogP contribution in [0.2, 0.25) is 0 Å². The zero-order valence-electron chi connectivity index (χ0n) is 12.7. The Morgan fingerprint density at radius 2 is 1.95 bits per heavy atom. The Bertz CT molecular complexity index is 445. The highest BCUT2D eigenvalue weighted by Crippen LogP contribution is 2.18. The van der Waals surface area contributed by atoms with E-state index in [4.69, 9.17) is 4.74 Å². The van der Waals surface area contributed by atoms with Crippen LogP contribution >= 0.6 is 0 Å². The predicted octanol–water partition coefficient (Wildman–Crippen LogP) is 2.12. The molecule has 0 radical (unpaired) electrons. The lowest BCUT2D eigenvalue weighted by molar-refractivity contribution is 0.0495. The molecule has 0 bridgehead atoms. The van der Waals surface area contributed by atoms with Gasteiger partial charge in [0.15, 0.2) is 0 Å². The first-order chi connectivity index (χ1) is 10.3. The molecule has 1 aliphatic rings. The van der Waals surface area contributed by atoms with Gasteiger partial charge in [0.2, 0.25) is 0 Å². The van der Waals surface area contributed by atoms with Gasteiger partial charge in [-0.25, -0.2) is 4.79 Å². The first kappa shape index (κ1) is 15.9. The van der Waals surface area contributed by atoms with E-state index in [2.05, 4.69) is 22.9 Å². The fraction of sp³-hybridized carbons (Fsp3) is 0.562. The lowest BCUT2D eigenvalue weighted by atomic mass is 10.0. The highest BCUT2D eigenvalue weighted by Gasteiger charge is 2.20. The van der Waals surface area contributed by atoms with Gasteiger partial charge in [-0.3, -0.25) is 16.0 Å². The summed E-state index contributed by atoms with van der Waals surface area (Å²) in [5.74, 6) is -0.232. The van der Waals surface area contributed by atoms with E-state index < -0.39 is 0 Å². The van der Waals surface area contributed by atoms with E-state index in [9.17, 15) is 4.79 Å². The van der Waals surface area contributed by atoms with Crippen molar-refractivity contribution in [2.75, 3.05) is 19.9 Å². The van der Waals surface area contributed by atoms with E-state index in [0.29, 0.717) is 12.2 Å². The molecule has 0 aromatic heterocycles. The first-order valence-corrected chi connectivity index (χ1v) is 7.76. The molecule has 21 heavy (non-hydrogen) atoms. The summed E-state index contributed by atoms with van der Waals surface area (Å²) in [4.78, 5) is 12.2. The summed E-state index contributed by atoms with van der Waals surface area (Å²) < 4.78 is 5.40. The molecule has 1 aromatic carbocycles. The normalized spacial score (nSPS) is 15.9. The number of hydrogen-bond donors (Lipinski definition) is 3. The van der Waals surface area contributed by atoms with Crippen molar-refractivity contribution in [3.8, 4) is 0 Å². The van der Waals surface area contributed by atoms with Crippen LogP contribution in [0.1, 0.15) is 54.7 Å². The van der Waals surface area contributed by atoms with E-state index >= 15 is 0 Å². The Morgan fingerprint density at radius 1 is 1.19 bits per heavy atom. The van der Waals surface area contributed by atoms with Crippen LogP contribution in [0.3, 0.4) is 0 Å². The van der Waals surface area contributed by atoms with Crippen LogP contribution in [0.25, 0.3) is 0 Å². The molecule has 1 saturated heterocycles. The largest absolute Gasteiger partial charge is 0.462 e. The Balaban J connectivity index is 1.93. The second-order valence-electron chi connectivity index (χ2n) is 5.23. The minimum atomic E-state index is -0.232. The molecule has 116 valence electrons. The highest BCUT2D eigenvalue weighted by molar-refractivity contribution is 5.91. The van der Waals surface area contributed by atoms with Gasteiger partial charge in [0.1, 0.15) is 0 Å². The van der Waals surface area contributed by atoms with Gasteiger partial charge < -0.3 is 4.74 Å². The molecule has 0 spiro atoms. The molecule has 1 heterocycles. The Kier molecular flexibility index (Phi) is 6.66. The average molecular weight is 291 g/mol. The molecule has 5 heteroatoms. The van der Waals surface area contributed by atoms with E-state index in [1.165, 1.54) is 12.8 Å². The number of benzene rings is 1. The third-order valence-corrected chi connectivity index (χ3v) is 3.59. The quantitative estimate of drug-likeness (QED) is 0.530. The summed E-state index contributed by atoms with van der Waals surface area (Å²) in [6.07, 6.45) is 4.41. The van der Waals surface area contributed by atoms with Crippen molar-refractivity contribution in [1.82, 2.24) is 16.0 Å². The minimum Gasteiger partial charge on any atom is -0.462 e. The number of ether oxygens (including phenoxy) is 1. The standard InChI is InChI=1S/C16H25N3O2/c1-2-3-4-7-10-21-16(20)14-9-6-5-8-13(14)15-18-11-17-12-19-15/h5-6,8-9,15,17-19H,2-4,7,10-12H2,1H3. The van der Waals surface area contributed by atoms with Crippen LogP contribution in [-0.4, -0.2) is 25.9 Å². The van der Waals surface area contributed by atoms with Crippen molar-refractivity contribution in [2.45, 2.75) is 38.8 Å². The summed E-state index contributed by atoms with van der Waals surface area (Å²) in [7, 11) is 0. The molecule has 0 saturated carbocycles. The summed E-state index contributed by atoms with van der Waals surface area (Å²) in [6, 6.07) is 7.61.